The highest BCUT2D eigenvalue weighted by molar-refractivity contribution is 9.10. The number of halogens is 1. The van der Waals surface area contributed by atoms with Gasteiger partial charge in [-0.05, 0) is 30.0 Å². The van der Waals surface area contributed by atoms with Crippen LogP contribution >= 0.6 is 15.9 Å². The van der Waals surface area contributed by atoms with Gasteiger partial charge in [0.25, 0.3) is 0 Å². The quantitative estimate of drug-likeness (QED) is 0.895. The van der Waals surface area contributed by atoms with E-state index >= 15 is 0 Å². The summed E-state index contributed by atoms with van der Waals surface area (Å²) in [7, 11) is 0. The van der Waals surface area contributed by atoms with Crippen LogP contribution < -0.4 is 0 Å². The summed E-state index contributed by atoms with van der Waals surface area (Å²) in [6.07, 6.45) is 2.82. The molecule has 0 aliphatic carbocycles. The van der Waals surface area contributed by atoms with Gasteiger partial charge in [0, 0.05) is 24.0 Å². The highest BCUT2D eigenvalue weighted by atomic mass is 79.9. The highest BCUT2D eigenvalue weighted by Crippen LogP contribution is 2.26. The zero-order valence-corrected chi connectivity index (χ0v) is 13.0. The van der Waals surface area contributed by atoms with Crippen LogP contribution in [0, 0.1) is 5.92 Å². The molecular formula is C15H18BrNO3. The molecule has 1 aliphatic rings. The van der Waals surface area contributed by atoms with Crippen LogP contribution in [0.25, 0.3) is 0 Å². The van der Waals surface area contributed by atoms with Crippen molar-refractivity contribution in [3.63, 3.8) is 0 Å². The lowest BCUT2D eigenvalue weighted by Crippen LogP contribution is -2.24. The van der Waals surface area contributed by atoms with E-state index in [2.05, 4.69) is 22.9 Å². The molecule has 1 unspecified atom stereocenters. The molecule has 0 radical (unpaired) electrons. The van der Waals surface area contributed by atoms with E-state index in [1.54, 1.807) is 18.2 Å². The minimum Gasteiger partial charge on any atom is -0.478 e. The van der Waals surface area contributed by atoms with Crippen LogP contribution in [0.15, 0.2) is 22.7 Å². The summed E-state index contributed by atoms with van der Waals surface area (Å²) in [5.74, 6) is -0.292. The average Bonchev–Trinajstić information content (AvgIpc) is 2.72. The van der Waals surface area contributed by atoms with Crippen molar-refractivity contribution in [3.05, 3.63) is 33.8 Å². The van der Waals surface area contributed by atoms with E-state index in [1.807, 2.05) is 4.90 Å². The van der Waals surface area contributed by atoms with Crippen LogP contribution in [0.3, 0.4) is 0 Å². The zero-order chi connectivity index (χ0) is 14.7. The summed E-state index contributed by atoms with van der Waals surface area (Å²) in [5, 5.41) is 8.93. The number of hydrogen-bond acceptors (Lipinski definition) is 2. The third-order valence-electron chi connectivity index (χ3n) is 3.65. The molecule has 1 saturated heterocycles. The zero-order valence-electron chi connectivity index (χ0n) is 11.4. The Hall–Kier alpha value is -1.36. The van der Waals surface area contributed by atoms with Crippen molar-refractivity contribution in [3.8, 4) is 0 Å². The summed E-state index contributed by atoms with van der Waals surface area (Å²) >= 11 is 3.39. The minimum absolute atomic E-state index is 0.192. The first-order chi connectivity index (χ1) is 9.51. The van der Waals surface area contributed by atoms with Crippen molar-refractivity contribution in [2.45, 2.75) is 32.7 Å². The molecule has 4 nitrogen and oxygen atoms in total. The number of carboxylic acid groups (broad SMARTS) is 1. The molecule has 1 aromatic carbocycles. The molecule has 1 N–H and O–H groups in total. The van der Waals surface area contributed by atoms with Gasteiger partial charge < -0.3 is 10.0 Å². The van der Waals surface area contributed by atoms with E-state index in [0.717, 1.165) is 29.4 Å². The molecular weight excluding hydrogens is 322 g/mol. The number of likely N-dealkylation sites (tertiary alicyclic amines) is 1. The summed E-state index contributed by atoms with van der Waals surface area (Å²) in [6, 6.07) is 4.93. The van der Waals surface area contributed by atoms with Gasteiger partial charge in [-0.25, -0.2) is 4.79 Å². The predicted octanol–water partition coefficient (Wildman–Crippen LogP) is 3.30. The summed E-state index contributed by atoms with van der Waals surface area (Å²) in [4.78, 5) is 24.7. The van der Waals surface area contributed by atoms with Crippen LogP contribution in [-0.2, 0) is 11.3 Å². The van der Waals surface area contributed by atoms with E-state index in [1.165, 1.54) is 0 Å². The highest BCUT2D eigenvalue weighted by Gasteiger charge is 2.29. The fourth-order valence-electron chi connectivity index (χ4n) is 2.62. The van der Waals surface area contributed by atoms with E-state index in [9.17, 15) is 9.59 Å². The molecule has 108 valence electrons. The van der Waals surface area contributed by atoms with Crippen LogP contribution in [0.2, 0.25) is 0 Å². The Kier molecular flexibility index (Phi) is 4.81. The van der Waals surface area contributed by atoms with Crippen molar-refractivity contribution >= 4 is 27.8 Å². The van der Waals surface area contributed by atoms with E-state index in [0.29, 0.717) is 18.9 Å². The topological polar surface area (TPSA) is 57.6 Å². The van der Waals surface area contributed by atoms with Crippen molar-refractivity contribution < 1.29 is 14.7 Å². The molecule has 0 aromatic heterocycles. The molecule has 5 heteroatoms. The molecule has 20 heavy (non-hydrogen) atoms. The Morgan fingerprint density at radius 1 is 1.50 bits per heavy atom. The van der Waals surface area contributed by atoms with Gasteiger partial charge in [-0.2, -0.15) is 0 Å². The fraction of sp³-hybridized carbons (Fsp3) is 0.467. The largest absolute Gasteiger partial charge is 0.478 e. The monoisotopic (exact) mass is 339 g/mol. The second kappa shape index (κ2) is 6.39. The second-order valence-corrected chi connectivity index (χ2v) is 6.10. The van der Waals surface area contributed by atoms with Gasteiger partial charge >= 0.3 is 5.97 Å². The smallest absolute Gasteiger partial charge is 0.335 e. The second-order valence-electron chi connectivity index (χ2n) is 5.24. The Morgan fingerprint density at radius 2 is 2.25 bits per heavy atom. The Bertz CT molecular complexity index is 530. The van der Waals surface area contributed by atoms with Crippen LogP contribution in [0.1, 0.15) is 42.1 Å². The molecule has 1 fully saturated rings. The van der Waals surface area contributed by atoms with E-state index in [4.69, 9.17) is 5.11 Å². The van der Waals surface area contributed by atoms with E-state index in [-0.39, 0.29) is 11.5 Å². The van der Waals surface area contributed by atoms with E-state index < -0.39 is 5.97 Å². The molecule has 1 aliphatic heterocycles. The van der Waals surface area contributed by atoms with Gasteiger partial charge in [-0.1, -0.05) is 35.3 Å². The molecule has 1 aromatic rings. The molecule has 0 spiro atoms. The Morgan fingerprint density at radius 3 is 2.85 bits per heavy atom. The average molecular weight is 340 g/mol. The fourth-order valence-corrected chi connectivity index (χ4v) is 3.13. The summed E-state index contributed by atoms with van der Waals surface area (Å²) in [6.45, 7) is 3.48. The first kappa shape index (κ1) is 15.0. The number of amides is 1. The molecule has 1 atom stereocenters. The van der Waals surface area contributed by atoms with Crippen LogP contribution in [-0.4, -0.2) is 28.4 Å². The Labute approximate surface area is 126 Å². The lowest BCUT2D eigenvalue weighted by Gasteiger charge is -2.17. The number of aromatic carboxylic acids is 1. The minimum atomic E-state index is -0.947. The maximum Gasteiger partial charge on any atom is 0.335 e. The first-order valence-electron chi connectivity index (χ1n) is 6.80. The SMILES string of the molecule is CCCC1CC(=O)N(Cc2ccc(C(=O)O)cc2Br)C1. The molecule has 1 amide bonds. The number of carbonyl (C=O) groups is 2. The predicted molar refractivity (Wildman–Crippen MR) is 79.5 cm³/mol. The normalized spacial score (nSPS) is 18.6. The van der Waals surface area contributed by atoms with Crippen molar-refractivity contribution in [2.75, 3.05) is 6.54 Å². The lowest BCUT2D eigenvalue weighted by atomic mass is 10.0. The number of hydrogen-bond donors (Lipinski definition) is 1. The van der Waals surface area contributed by atoms with Crippen LogP contribution in [0.4, 0.5) is 0 Å². The maximum atomic E-state index is 12.0. The maximum absolute atomic E-state index is 12.0. The number of rotatable bonds is 5. The van der Waals surface area contributed by atoms with Crippen molar-refractivity contribution in [2.24, 2.45) is 5.92 Å². The van der Waals surface area contributed by atoms with Gasteiger partial charge in [-0.3, -0.25) is 4.79 Å². The number of carbonyl (C=O) groups excluding carboxylic acids is 1. The molecule has 0 saturated carbocycles. The Balaban J connectivity index is 2.07. The third kappa shape index (κ3) is 3.39. The van der Waals surface area contributed by atoms with Gasteiger partial charge in [-0.15, -0.1) is 0 Å². The summed E-state index contributed by atoms with van der Waals surface area (Å²) < 4.78 is 0.740. The van der Waals surface area contributed by atoms with Crippen molar-refractivity contribution in [1.29, 1.82) is 0 Å². The number of nitrogens with zero attached hydrogens (tertiary/aromatic N) is 1. The number of benzene rings is 1. The standard InChI is InChI=1S/C15H18BrNO3/c1-2-3-10-6-14(18)17(8-10)9-12-5-4-11(15(19)20)7-13(12)16/h4-5,7,10H,2-3,6,8-9H2,1H3,(H,19,20). The van der Waals surface area contributed by atoms with Gasteiger partial charge in [0.05, 0.1) is 5.56 Å². The third-order valence-corrected chi connectivity index (χ3v) is 4.39. The molecule has 2 rings (SSSR count). The lowest BCUT2D eigenvalue weighted by molar-refractivity contribution is -0.128. The van der Waals surface area contributed by atoms with Gasteiger partial charge in [0.2, 0.25) is 5.91 Å². The first-order valence-corrected chi connectivity index (χ1v) is 7.60. The molecule has 0 bridgehead atoms. The molecule has 1 heterocycles. The van der Waals surface area contributed by atoms with Crippen LogP contribution in [0.5, 0.6) is 0 Å². The number of carboxylic acids is 1. The summed E-state index contributed by atoms with van der Waals surface area (Å²) in [5.41, 5.74) is 1.19. The van der Waals surface area contributed by atoms with Gasteiger partial charge in [0.1, 0.15) is 0 Å². The van der Waals surface area contributed by atoms with Crippen molar-refractivity contribution in [1.82, 2.24) is 4.90 Å². The van der Waals surface area contributed by atoms with Gasteiger partial charge in [0.15, 0.2) is 0 Å².